The number of likely N-dealkylation sites (tertiary alicyclic amines) is 1. The first-order valence-electron chi connectivity index (χ1n) is 9.75. The summed E-state index contributed by atoms with van der Waals surface area (Å²) in [6, 6.07) is 12.2. The van der Waals surface area contributed by atoms with Gasteiger partial charge in [0, 0.05) is 18.5 Å². The molecule has 0 bridgehead atoms. The van der Waals surface area contributed by atoms with E-state index in [-0.39, 0.29) is 18.3 Å². The summed E-state index contributed by atoms with van der Waals surface area (Å²) in [5, 5.41) is 9.27. The zero-order chi connectivity index (χ0) is 18.4. The molecule has 0 aliphatic carbocycles. The second kappa shape index (κ2) is 7.85. The predicted molar refractivity (Wildman–Crippen MR) is 116 cm³/mol. The highest BCUT2D eigenvalue weighted by Crippen LogP contribution is 2.33. The molecule has 7 heteroatoms. The number of benzene rings is 1. The molecule has 2 aromatic heterocycles. The molecule has 2 saturated heterocycles. The van der Waals surface area contributed by atoms with E-state index < -0.39 is 0 Å². The Morgan fingerprint density at radius 2 is 1.82 bits per heavy atom. The van der Waals surface area contributed by atoms with Crippen LogP contribution in [0.2, 0.25) is 0 Å². The van der Waals surface area contributed by atoms with E-state index in [4.69, 9.17) is 0 Å². The fourth-order valence-corrected chi connectivity index (χ4v) is 5.62. The number of aromatic nitrogens is 2. The van der Waals surface area contributed by atoms with Gasteiger partial charge >= 0.3 is 0 Å². The summed E-state index contributed by atoms with van der Waals surface area (Å²) in [6.45, 7) is 5.99. The normalized spacial score (nSPS) is 22.0. The number of nitrogens with zero attached hydrogens (tertiary/aromatic N) is 3. The lowest BCUT2D eigenvalue weighted by Gasteiger charge is -2.20. The van der Waals surface area contributed by atoms with Crippen LogP contribution in [0.5, 0.6) is 0 Å². The van der Waals surface area contributed by atoms with E-state index in [1.54, 1.807) is 11.3 Å². The molecule has 2 aliphatic heterocycles. The van der Waals surface area contributed by atoms with E-state index in [2.05, 4.69) is 27.4 Å². The van der Waals surface area contributed by atoms with Gasteiger partial charge in [0.15, 0.2) is 0 Å². The van der Waals surface area contributed by atoms with Gasteiger partial charge in [0.25, 0.3) is 5.91 Å². The number of carbonyl (C=O) groups excluding carboxylic acids is 1. The number of para-hydroxylation sites is 1. The molecule has 0 saturated carbocycles. The Bertz CT molecular complexity index is 969. The number of fused-ring (bicyclic) bond motifs is 2. The first-order chi connectivity index (χ1) is 13.2. The molecule has 2 fully saturated rings. The maximum absolute atomic E-state index is 13.2. The molecular formula is C21H25ClN4OS. The first kappa shape index (κ1) is 19.4. The zero-order valence-electron chi connectivity index (χ0n) is 15.9. The largest absolute Gasteiger partial charge is 0.338 e. The highest BCUT2D eigenvalue weighted by molar-refractivity contribution is 7.20. The van der Waals surface area contributed by atoms with Crippen molar-refractivity contribution in [2.45, 2.75) is 19.8 Å². The summed E-state index contributed by atoms with van der Waals surface area (Å²) in [6.07, 6.45) is 2.23. The van der Waals surface area contributed by atoms with Crippen molar-refractivity contribution in [3.63, 3.8) is 0 Å². The van der Waals surface area contributed by atoms with Crippen LogP contribution in [0.15, 0.2) is 36.4 Å². The van der Waals surface area contributed by atoms with Gasteiger partial charge in [-0.25, -0.2) is 4.68 Å². The Hall–Kier alpha value is -1.89. The Kier molecular flexibility index (Phi) is 5.45. The van der Waals surface area contributed by atoms with Crippen LogP contribution in [0.25, 0.3) is 15.9 Å². The molecule has 4 heterocycles. The topological polar surface area (TPSA) is 50.2 Å². The van der Waals surface area contributed by atoms with Crippen LogP contribution in [-0.2, 0) is 0 Å². The van der Waals surface area contributed by atoms with Crippen LogP contribution < -0.4 is 5.32 Å². The second-order valence-electron chi connectivity index (χ2n) is 7.71. The van der Waals surface area contributed by atoms with E-state index in [1.165, 1.54) is 0 Å². The van der Waals surface area contributed by atoms with E-state index in [9.17, 15) is 4.79 Å². The number of nitrogens with one attached hydrogen (secondary N) is 1. The van der Waals surface area contributed by atoms with Gasteiger partial charge in [0.2, 0.25) is 0 Å². The molecule has 5 rings (SSSR count). The van der Waals surface area contributed by atoms with Gasteiger partial charge < -0.3 is 10.2 Å². The summed E-state index contributed by atoms with van der Waals surface area (Å²) in [5.74, 6) is 1.65. The maximum atomic E-state index is 13.2. The van der Waals surface area contributed by atoms with E-state index in [1.807, 2.05) is 35.9 Å². The van der Waals surface area contributed by atoms with Gasteiger partial charge in [-0.2, -0.15) is 5.10 Å². The fourth-order valence-electron chi connectivity index (χ4n) is 4.47. The van der Waals surface area contributed by atoms with Crippen LogP contribution in [-0.4, -0.2) is 46.8 Å². The third kappa shape index (κ3) is 3.34. The predicted octanol–water partition coefficient (Wildman–Crippen LogP) is 3.89. The summed E-state index contributed by atoms with van der Waals surface area (Å²) in [7, 11) is 0. The lowest BCUT2D eigenvalue weighted by Crippen LogP contribution is -2.32. The number of hydrogen-bond acceptors (Lipinski definition) is 4. The maximum Gasteiger partial charge on any atom is 0.264 e. The van der Waals surface area contributed by atoms with Crippen LogP contribution >= 0.6 is 23.7 Å². The standard InChI is InChI=1S/C21H24N4OS.ClH/c1-14-18-11-19(27-21(18)25(23-14)17-5-3-2-4-6-17)20(26)24-9-7-15-12-22-13-16(15)8-10-24;/h2-6,11,15-16,22H,7-10,12-13H2,1H3;1H/t15-,16+;. The Morgan fingerprint density at radius 3 is 2.50 bits per heavy atom. The monoisotopic (exact) mass is 416 g/mol. The molecular weight excluding hydrogens is 392 g/mol. The molecule has 28 heavy (non-hydrogen) atoms. The minimum Gasteiger partial charge on any atom is -0.338 e. The highest BCUT2D eigenvalue weighted by atomic mass is 35.5. The van der Waals surface area contributed by atoms with Crippen LogP contribution in [0.3, 0.4) is 0 Å². The summed E-state index contributed by atoms with van der Waals surface area (Å²) >= 11 is 1.57. The average Bonchev–Trinajstić information content (AvgIpc) is 3.36. The van der Waals surface area contributed by atoms with Crippen LogP contribution in [0.1, 0.15) is 28.2 Å². The highest BCUT2D eigenvalue weighted by Gasteiger charge is 2.32. The van der Waals surface area contributed by atoms with E-state index in [0.29, 0.717) is 0 Å². The minimum absolute atomic E-state index is 0. The van der Waals surface area contributed by atoms with E-state index in [0.717, 1.165) is 77.3 Å². The molecule has 5 nitrogen and oxygen atoms in total. The van der Waals surface area contributed by atoms with Crippen LogP contribution in [0.4, 0.5) is 0 Å². The fraction of sp³-hybridized carbons (Fsp3) is 0.429. The van der Waals surface area contributed by atoms with Crippen molar-refractivity contribution in [3.8, 4) is 5.69 Å². The third-order valence-electron chi connectivity index (χ3n) is 6.06. The number of rotatable bonds is 2. The van der Waals surface area contributed by atoms with Gasteiger partial charge in [-0.3, -0.25) is 4.79 Å². The molecule has 2 aliphatic rings. The summed E-state index contributed by atoms with van der Waals surface area (Å²) in [5.41, 5.74) is 2.01. The number of hydrogen-bond donors (Lipinski definition) is 1. The summed E-state index contributed by atoms with van der Waals surface area (Å²) in [4.78, 5) is 17.1. The summed E-state index contributed by atoms with van der Waals surface area (Å²) < 4.78 is 1.96. The zero-order valence-corrected chi connectivity index (χ0v) is 17.6. The molecule has 0 radical (unpaired) electrons. The first-order valence-corrected chi connectivity index (χ1v) is 10.6. The molecule has 1 amide bonds. The molecule has 3 aromatic rings. The quantitative estimate of drug-likeness (QED) is 0.689. The Morgan fingerprint density at radius 1 is 1.14 bits per heavy atom. The SMILES string of the molecule is Cc1nn(-c2ccccc2)c2sc(C(=O)N3CC[C@@H]4CNC[C@@H]4CC3)cc12.Cl. The second-order valence-corrected chi connectivity index (χ2v) is 8.74. The van der Waals surface area contributed by atoms with E-state index >= 15 is 0 Å². The van der Waals surface area contributed by atoms with Crippen molar-refractivity contribution in [3.05, 3.63) is 47.0 Å². The molecule has 148 valence electrons. The van der Waals surface area contributed by atoms with Gasteiger partial charge in [0.1, 0.15) is 4.83 Å². The molecule has 1 aromatic carbocycles. The third-order valence-corrected chi connectivity index (χ3v) is 7.16. The Labute approximate surface area is 175 Å². The minimum atomic E-state index is 0. The molecule has 1 N–H and O–H groups in total. The lowest BCUT2D eigenvalue weighted by atomic mass is 9.92. The lowest BCUT2D eigenvalue weighted by molar-refractivity contribution is 0.0763. The van der Waals surface area contributed by atoms with Gasteiger partial charge in [-0.05, 0) is 62.9 Å². The van der Waals surface area contributed by atoms with Crippen molar-refractivity contribution in [1.29, 1.82) is 0 Å². The number of amides is 1. The number of halogens is 1. The van der Waals surface area contributed by atoms with Crippen molar-refractivity contribution >= 4 is 39.9 Å². The number of carbonyl (C=O) groups is 1. The number of aryl methyl sites for hydroxylation is 1. The van der Waals surface area contributed by atoms with Crippen molar-refractivity contribution < 1.29 is 4.79 Å². The molecule has 0 spiro atoms. The van der Waals surface area contributed by atoms with Crippen molar-refractivity contribution in [1.82, 2.24) is 20.0 Å². The van der Waals surface area contributed by atoms with Gasteiger partial charge in [0.05, 0.1) is 16.3 Å². The average molecular weight is 417 g/mol. The van der Waals surface area contributed by atoms with Crippen molar-refractivity contribution in [2.24, 2.45) is 11.8 Å². The number of thiophene rings is 1. The van der Waals surface area contributed by atoms with Gasteiger partial charge in [-0.15, -0.1) is 23.7 Å². The molecule has 2 atom stereocenters. The van der Waals surface area contributed by atoms with Gasteiger partial charge in [-0.1, -0.05) is 18.2 Å². The van der Waals surface area contributed by atoms with Crippen molar-refractivity contribution in [2.75, 3.05) is 26.2 Å². The Balaban J connectivity index is 0.00000192. The van der Waals surface area contributed by atoms with Crippen LogP contribution in [0, 0.1) is 18.8 Å². The smallest absolute Gasteiger partial charge is 0.264 e. The molecule has 0 unspecified atom stereocenters.